The van der Waals surface area contributed by atoms with Gasteiger partial charge in [-0.2, -0.15) is 0 Å². The minimum Gasteiger partial charge on any atom is -0.211 e. The van der Waals surface area contributed by atoms with Gasteiger partial charge >= 0.3 is 5.92 Å². The van der Waals surface area contributed by atoms with E-state index >= 15 is 0 Å². The zero-order chi connectivity index (χ0) is 20.1. The molecule has 0 atom stereocenters. The highest BCUT2D eigenvalue weighted by molar-refractivity contribution is 6.49. The lowest BCUT2D eigenvalue weighted by atomic mass is 9.56. The van der Waals surface area contributed by atoms with E-state index in [4.69, 9.17) is 0 Å². The summed E-state index contributed by atoms with van der Waals surface area (Å²) in [5.41, 5.74) is -0.682. The maximum absolute atomic E-state index is 14.6. The predicted octanol–water partition coefficient (Wildman–Crippen LogP) is 6.93. The van der Waals surface area contributed by atoms with Crippen LogP contribution in [0.3, 0.4) is 0 Å². The Kier molecular flexibility index (Phi) is 8.25. The molecule has 0 nitrogen and oxygen atoms in total. The number of rotatable bonds is 10. The Morgan fingerprint density at radius 1 is 0.920 bits per heavy atom. The van der Waals surface area contributed by atoms with Crippen LogP contribution < -0.4 is 0 Å². The number of hydrogen-bond donors (Lipinski definition) is 0. The number of allylic oxidation sites excluding steroid dienone is 5. The van der Waals surface area contributed by atoms with Gasteiger partial charge in [0.2, 0.25) is 0 Å². The number of halogens is 4. The Balaban J connectivity index is 5.66. The van der Waals surface area contributed by atoms with E-state index in [1.165, 1.54) is 32.9 Å². The van der Waals surface area contributed by atoms with Crippen molar-refractivity contribution >= 4 is 7.28 Å². The summed E-state index contributed by atoms with van der Waals surface area (Å²) in [6.45, 7) is 15.9. The quantitative estimate of drug-likeness (QED) is 0.225. The molecule has 0 aliphatic rings. The van der Waals surface area contributed by atoms with Crippen LogP contribution in [-0.4, -0.2) is 19.0 Å². The second-order valence-corrected chi connectivity index (χ2v) is 7.76. The molecule has 0 rings (SSSR count). The topological polar surface area (TPSA) is 0 Å². The molecule has 0 aromatic carbocycles. The van der Waals surface area contributed by atoms with E-state index < -0.39 is 24.4 Å². The minimum atomic E-state index is -4.13. The standard InChI is InChI=1S/C20H33BF4/c1-9-16(14-13-15(5)17(6,7)10-2)21-20(24,25)19(22,23)18(8,11-3)12-4/h9,13-14,21H,1,10-12H2,2-8H3/b15-13+,16-14+. The third kappa shape index (κ3) is 5.24. The lowest BCUT2D eigenvalue weighted by Gasteiger charge is -2.40. The largest absolute Gasteiger partial charge is 0.307 e. The maximum Gasteiger partial charge on any atom is 0.307 e. The Morgan fingerprint density at radius 3 is 1.76 bits per heavy atom. The molecule has 0 aliphatic heterocycles. The summed E-state index contributed by atoms with van der Waals surface area (Å²) < 4.78 is 58.1. The molecule has 0 fully saturated rings. The molecule has 0 bridgehead atoms. The van der Waals surface area contributed by atoms with Gasteiger partial charge in [-0.3, -0.25) is 0 Å². The van der Waals surface area contributed by atoms with Crippen LogP contribution in [0.1, 0.15) is 67.7 Å². The van der Waals surface area contributed by atoms with Gasteiger partial charge in [0, 0.05) is 5.41 Å². The van der Waals surface area contributed by atoms with Gasteiger partial charge in [0.05, 0.1) is 0 Å². The number of alkyl halides is 4. The van der Waals surface area contributed by atoms with Crippen LogP contribution in [0, 0.1) is 10.8 Å². The fraction of sp³-hybridized carbons (Fsp3) is 0.700. The molecule has 0 aliphatic carbocycles. The summed E-state index contributed by atoms with van der Waals surface area (Å²) in [4.78, 5) is 0. The van der Waals surface area contributed by atoms with Crippen molar-refractivity contribution in [2.24, 2.45) is 10.8 Å². The number of hydrogen-bond acceptors (Lipinski definition) is 0. The molecular weight excluding hydrogens is 327 g/mol. The van der Waals surface area contributed by atoms with Crippen LogP contribution in [0.15, 0.2) is 35.9 Å². The van der Waals surface area contributed by atoms with E-state index in [0.717, 1.165) is 12.0 Å². The van der Waals surface area contributed by atoms with Crippen LogP contribution >= 0.6 is 0 Å². The zero-order valence-electron chi connectivity index (χ0n) is 16.8. The van der Waals surface area contributed by atoms with Crippen LogP contribution in [0.5, 0.6) is 0 Å². The van der Waals surface area contributed by atoms with Gasteiger partial charge in [-0.25, -0.2) is 17.6 Å². The van der Waals surface area contributed by atoms with Crippen molar-refractivity contribution in [1.29, 1.82) is 0 Å². The summed E-state index contributed by atoms with van der Waals surface area (Å²) in [5.74, 6) is -8.22. The highest BCUT2D eigenvalue weighted by Gasteiger charge is 2.64. The van der Waals surface area contributed by atoms with Gasteiger partial charge in [-0.1, -0.05) is 77.4 Å². The highest BCUT2D eigenvalue weighted by Crippen LogP contribution is 2.51. The van der Waals surface area contributed by atoms with Crippen molar-refractivity contribution in [2.45, 2.75) is 79.5 Å². The van der Waals surface area contributed by atoms with Crippen molar-refractivity contribution in [2.75, 3.05) is 0 Å². The van der Waals surface area contributed by atoms with E-state index in [0.29, 0.717) is 0 Å². The Hall–Kier alpha value is -0.995. The second kappa shape index (κ2) is 8.59. The average Bonchev–Trinajstić information content (AvgIpc) is 2.56. The fourth-order valence-corrected chi connectivity index (χ4v) is 2.44. The monoisotopic (exact) mass is 360 g/mol. The Labute approximate surface area is 151 Å². The molecular formula is C20H33BF4. The molecule has 0 aromatic heterocycles. The summed E-state index contributed by atoms with van der Waals surface area (Å²) in [7, 11) is -1.02. The van der Waals surface area contributed by atoms with Gasteiger partial charge in [0.25, 0.3) is 13.1 Å². The lowest BCUT2D eigenvalue weighted by molar-refractivity contribution is -0.228. The third-order valence-electron chi connectivity index (χ3n) is 5.97. The zero-order valence-corrected chi connectivity index (χ0v) is 16.8. The molecule has 0 N–H and O–H groups in total. The average molecular weight is 360 g/mol. The second-order valence-electron chi connectivity index (χ2n) is 7.76. The van der Waals surface area contributed by atoms with Gasteiger partial charge < -0.3 is 0 Å². The van der Waals surface area contributed by atoms with E-state index in [1.807, 2.05) is 13.8 Å². The SMILES string of the molecule is C=C/C(BC(F)(F)C(F)(F)C(C)(CC)CC)=C\C=C(/C)C(C)(C)CC. The van der Waals surface area contributed by atoms with Gasteiger partial charge in [-0.15, -0.1) is 0 Å². The molecule has 25 heavy (non-hydrogen) atoms. The van der Waals surface area contributed by atoms with Gasteiger partial charge in [0.1, 0.15) is 0 Å². The first-order valence-corrected chi connectivity index (χ1v) is 9.00. The van der Waals surface area contributed by atoms with Crippen molar-refractivity contribution in [1.82, 2.24) is 0 Å². The molecule has 0 aromatic rings. The molecule has 0 amide bonds. The van der Waals surface area contributed by atoms with E-state index in [9.17, 15) is 17.6 Å². The molecule has 0 spiro atoms. The van der Waals surface area contributed by atoms with E-state index in [2.05, 4.69) is 20.4 Å². The summed E-state index contributed by atoms with van der Waals surface area (Å²) in [6.07, 6.45) is 5.33. The molecule has 144 valence electrons. The first-order valence-electron chi connectivity index (χ1n) is 9.00. The minimum absolute atomic E-state index is 0.0110. The lowest BCUT2D eigenvalue weighted by Crippen LogP contribution is -2.55. The van der Waals surface area contributed by atoms with E-state index in [-0.39, 0.29) is 23.7 Å². The fourth-order valence-electron chi connectivity index (χ4n) is 2.44. The summed E-state index contributed by atoms with van der Waals surface area (Å²) >= 11 is 0. The predicted molar refractivity (Wildman–Crippen MR) is 102 cm³/mol. The third-order valence-corrected chi connectivity index (χ3v) is 5.97. The van der Waals surface area contributed by atoms with Crippen LogP contribution in [0.25, 0.3) is 0 Å². The highest BCUT2D eigenvalue weighted by atomic mass is 19.3. The maximum atomic E-state index is 14.6. The first-order chi connectivity index (χ1) is 11.2. The molecule has 5 heteroatoms. The summed E-state index contributed by atoms with van der Waals surface area (Å²) in [5, 5.41) is 0. The van der Waals surface area contributed by atoms with Crippen LogP contribution in [0.2, 0.25) is 0 Å². The van der Waals surface area contributed by atoms with E-state index in [1.54, 1.807) is 6.08 Å². The summed E-state index contributed by atoms with van der Waals surface area (Å²) in [6, 6.07) is 0. The smallest absolute Gasteiger partial charge is 0.211 e. The normalized spacial score (nSPS) is 15.3. The van der Waals surface area contributed by atoms with Gasteiger partial charge in [-0.05, 0) is 31.6 Å². The van der Waals surface area contributed by atoms with Crippen molar-refractivity contribution in [3.8, 4) is 0 Å². The van der Waals surface area contributed by atoms with Gasteiger partial charge in [0.15, 0.2) is 0 Å². The Bertz CT molecular complexity index is 512. The van der Waals surface area contributed by atoms with Crippen molar-refractivity contribution < 1.29 is 17.6 Å². The molecule has 0 heterocycles. The van der Waals surface area contributed by atoms with Crippen LogP contribution in [0.4, 0.5) is 17.6 Å². The van der Waals surface area contributed by atoms with Crippen LogP contribution in [-0.2, 0) is 0 Å². The first kappa shape index (κ1) is 24.0. The Morgan fingerprint density at radius 2 is 1.40 bits per heavy atom. The molecule has 0 saturated carbocycles. The van der Waals surface area contributed by atoms with Crippen molar-refractivity contribution in [3.63, 3.8) is 0 Å². The molecule has 0 saturated heterocycles. The molecule has 0 radical (unpaired) electrons. The molecule has 0 unspecified atom stereocenters. The van der Waals surface area contributed by atoms with Crippen molar-refractivity contribution in [3.05, 3.63) is 35.9 Å².